The van der Waals surface area contributed by atoms with Crippen LogP contribution >= 0.6 is 0 Å². The molecule has 1 unspecified atom stereocenters. The Labute approximate surface area is 81.4 Å². The first-order valence-corrected chi connectivity index (χ1v) is 5.53. The van der Waals surface area contributed by atoms with Crippen LogP contribution in [-0.2, 0) is 17.3 Å². The van der Waals surface area contributed by atoms with Crippen LogP contribution in [0, 0.1) is 10.7 Å². The molecule has 1 atom stereocenters. The second kappa shape index (κ2) is 4.48. The smallest absolute Gasteiger partial charge is 0.0511 e. The summed E-state index contributed by atoms with van der Waals surface area (Å²) in [5, 5.41) is 5.42. The zero-order chi connectivity index (χ0) is 9.84. The first-order valence-electron chi connectivity index (χ1n) is 4.24. The van der Waals surface area contributed by atoms with E-state index >= 15 is 0 Å². The van der Waals surface area contributed by atoms with E-state index in [1.165, 1.54) is 0 Å². The maximum Gasteiger partial charge on any atom is 0.0511 e. The summed E-state index contributed by atoms with van der Waals surface area (Å²) in [7, 11) is -0.912. The molecule has 0 aromatic carbocycles. The lowest BCUT2D eigenvalue weighted by molar-refractivity contribution is 0.634. The van der Waals surface area contributed by atoms with Crippen LogP contribution in [0.5, 0.6) is 0 Å². The number of nitrogens with zero attached hydrogens (tertiary/aromatic N) is 1. The molecular weight excluding hydrogens is 182 g/mol. The number of nitrogens with one attached hydrogen (secondary N) is 1. The standard InChI is InChI=1S/C9H15N3S/c1-7(2)5-8-3-4-9(6-12-8)13(10)11/h3-4,6-7H,5H2,1-2H3,(H3,10,11). The molecule has 0 amide bonds. The highest BCUT2D eigenvalue weighted by atomic mass is 32.2. The first kappa shape index (κ1) is 10.3. The molecule has 0 aliphatic carbocycles. The van der Waals surface area contributed by atoms with Crippen molar-refractivity contribution in [3.63, 3.8) is 0 Å². The average molecular weight is 197 g/mol. The number of pyridine rings is 1. The van der Waals surface area contributed by atoms with Crippen LogP contribution in [-0.4, -0.2) is 4.98 Å². The Morgan fingerprint density at radius 3 is 2.62 bits per heavy atom. The number of hydrogen-bond donors (Lipinski definition) is 2. The number of hydrogen-bond acceptors (Lipinski definition) is 2. The summed E-state index contributed by atoms with van der Waals surface area (Å²) in [6.07, 6.45) is 2.68. The zero-order valence-corrected chi connectivity index (χ0v) is 8.77. The molecule has 1 rings (SSSR count). The van der Waals surface area contributed by atoms with Crippen LogP contribution in [0.2, 0.25) is 0 Å². The Kier molecular flexibility index (Phi) is 3.57. The predicted molar refractivity (Wildman–Crippen MR) is 55.3 cm³/mol. The van der Waals surface area contributed by atoms with Gasteiger partial charge in [0.2, 0.25) is 0 Å². The molecular formula is C9H15N3S. The molecule has 72 valence electrons. The van der Waals surface area contributed by atoms with Gasteiger partial charge in [0.1, 0.15) is 0 Å². The third-order valence-electron chi connectivity index (χ3n) is 1.67. The third-order valence-corrected chi connectivity index (χ3v) is 2.42. The number of nitrogens with two attached hydrogens (primary N) is 1. The molecule has 0 spiro atoms. The summed E-state index contributed by atoms with van der Waals surface area (Å²) in [5.41, 5.74) is 1.07. The summed E-state index contributed by atoms with van der Waals surface area (Å²) in [5.74, 6) is 0.616. The van der Waals surface area contributed by atoms with E-state index in [9.17, 15) is 0 Å². The summed E-state index contributed by atoms with van der Waals surface area (Å²) in [4.78, 5) is 5.05. The maximum absolute atomic E-state index is 7.30. The lowest BCUT2D eigenvalue weighted by Gasteiger charge is -2.04. The Balaban J connectivity index is 2.75. The van der Waals surface area contributed by atoms with Crippen molar-refractivity contribution in [3.05, 3.63) is 24.0 Å². The van der Waals surface area contributed by atoms with E-state index in [1.807, 2.05) is 12.1 Å². The minimum Gasteiger partial charge on any atom is -0.265 e. The largest absolute Gasteiger partial charge is 0.265 e. The summed E-state index contributed by atoms with van der Waals surface area (Å²) >= 11 is 0. The van der Waals surface area contributed by atoms with Crippen LogP contribution in [0.4, 0.5) is 0 Å². The molecule has 4 heteroatoms. The Morgan fingerprint density at radius 1 is 1.54 bits per heavy atom. The van der Waals surface area contributed by atoms with Gasteiger partial charge >= 0.3 is 0 Å². The minimum absolute atomic E-state index is 0.616. The third kappa shape index (κ3) is 3.24. The Morgan fingerprint density at radius 2 is 2.23 bits per heavy atom. The lowest BCUT2D eigenvalue weighted by atomic mass is 10.1. The van der Waals surface area contributed by atoms with Crippen LogP contribution in [0.1, 0.15) is 19.5 Å². The van der Waals surface area contributed by atoms with Gasteiger partial charge in [0.05, 0.1) is 4.90 Å². The maximum atomic E-state index is 7.30. The van der Waals surface area contributed by atoms with Gasteiger partial charge in [0.25, 0.3) is 0 Å². The van der Waals surface area contributed by atoms with E-state index in [-0.39, 0.29) is 0 Å². The molecule has 0 radical (unpaired) electrons. The number of aromatic nitrogens is 1. The molecule has 0 saturated carbocycles. The molecule has 3 N–H and O–H groups in total. The molecule has 13 heavy (non-hydrogen) atoms. The van der Waals surface area contributed by atoms with Gasteiger partial charge in [-0.05, 0) is 35.3 Å². The topological polar surface area (TPSA) is 62.8 Å². The lowest BCUT2D eigenvalue weighted by Crippen LogP contribution is -2.03. The van der Waals surface area contributed by atoms with Crippen LogP contribution < -0.4 is 5.14 Å². The van der Waals surface area contributed by atoms with E-state index < -0.39 is 10.9 Å². The zero-order valence-electron chi connectivity index (χ0n) is 7.95. The Hall–Kier alpha value is -0.740. The monoisotopic (exact) mass is 197 g/mol. The SMILES string of the molecule is CC(C)Cc1ccc(S(=N)N)cn1. The average Bonchev–Trinajstić information content (AvgIpc) is 2.04. The number of rotatable bonds is 3. The fraction of sp³-hybridized carbons (Fsp3) is 0.444. The van der Waals surface area contributed by atoms with Gasteiger partial charge in [-0.25, -0.2) is 0 Å². The van der Waals surface area contributed by atoms with Crippen LogP contribution in [0.3, 0.4) is 0 Å². The molecule has 0 bridgehead atoms. The van der Waals surface area contributed by atoms with E-state index in [4.69, 9.17) is 9.92 Å². The second-order valence-electron chi connectivity index (χ2n) is 3.42. The quantitative estimate of drug-likeness (QED) is 0.777. The molecule has 0 aliphatic heterocycles. The van der Waals surface area contributed by atoms with Crippen LogP contribution in [0.25, 0.3) is 0 Å². The van der Waals surface area contributed by atoms with Crippen molar-refractivity contribution in [2.24, 2.45) is 11.1 Å². The summed E-state index contributed by atoms with van der Waals surface area (Å²) < 4.78 is 7.30. The van der Waals surface area contributed by atoms with Crippen molar-refractivity contribution in [1.82, 2.24) is 4.98 Å². The van der Waals surface area contributed by atoms with Gasteiger partial charge in [0.15, 0.2) is 0 Å². The van der Waals surface area contributed by atoms with E-state index in [0.29, 0.717) is 5.92 Å². The molecule has 1 aromatic rings. The highest BCUT2D eigenvalue weighted by Gasteiger charge is 1.99. The molecule has 0 fully saturated rings. The van der Waals surface area contributed by atoms with Gasteiger partial charge in [0, 0.05) is 11.9 Å². The van der Waals surface area contributed by atoms with Crippen molar-refractivity contribution in [2.45, 2.75) is 25.2 Å². The van der Waals surface area contributed by atoms with Crippen molar-refractivity contribution >= 4 is 10.9 Å². The Bertz CT molecular complexity index is 292. The van der Waals surface area contributed by atoms with Gasteiger partial charge in [-0.3, -0.25) is 14.9 Å². The van der Waals surface area contributed by atoms with Gasteiger partial charge < -0.3 is 0 Å². The molecule has 1 aromatic heterocycles. The molecule has 0 aliphatic rings. The highest BCUT2D eigenvalue weighted by molar-refractivity contribution is 7.83. The minimum atomic E-state index is -0.912. The molecule has 1 heterocycles. The van der Waals surface area contributed by atoms with Crippen molar-refractivity contribution < 1.29 is 0 Å². The van der Waals surface area contributed by atoms with Crippen molar-refractivity contribution in [3.8, 4) is 0 Å². The van der Waals surface area contributed by atoms with Gasteiger partial charge in [-0.15, -0.1) is 0 Å². The van der Waals surface area contributed by atoms with Crippen molar-refractivity contribution in [2.75, 3.05) is 0 Å². The van der Waals surface area contributed by atoms with E-state index in [2.05, 4.69) is 18.8 Å². The van der Waals surface area contributed by atoms with Gasteiger partial charge in [-0.2, -0.15) is 0 Å². The van der Waals surface area contributed by atoms with E-state index in [0.717, 1.165) is 17.0 Å². The van der Waals surface area contributed by atoms with Crippen LogP contribution in [0.15, 0.2) is 23.2 Å². The molecule has 0 saturated heterocycles. The summed E-state index contributed by atoms with van der Waals surface area (Å²) in [6, 6.07) is 3.84. The fourth-order valence-electron chi connectivity index (χ4n) is 1.08. The highest BCUT2D eigenvalue weighted by Crippen LogP contribution is 2.07. The second-order valence-corrected chi connectivity index (χ2v) is 4.57. The normalized spacial score (nSPS) is 13.2. The molecule has 3 nitrogen and oxygen atoms in total. The first-order chi connectivity index (χ1) is 6.09. The summed E-state index contributed by atoms with van der Waals surface area (Å²) in [6.45, 7) is 4.32. The predicted octanol–water partition coefficient (Wildman–Crippen LogP) is 1.89. The van der Waals surface area contributed by atoms with Crippen molar-refractivity contribution in [1.29, 1.82) is 4.78 Å². The fourth-order valence-corrected chi connectivity index (χ4v) is 1.46. The van der Waals surface area contributed by atoms with E-state index in [1.54, 1.807) is 6.20 Å². The van der Waals surface area contributed by atoms with Gasteiger partial charge in [-0.1, -0.05) is 13.8 Å².